The minimum atomic E-state index is -0.0922. The van der Waals surface area contributed by atoms with Crippen molar-refractivity contribution < 1.29 is 14.3 Å². The van der Waals surface area contributed by atoms with Crippen molar-refractivity contribution in [2.75, 3.05) is 14.2 Å². The predicted molar refractivity (Wildman–Crippen MR) is 68.7 cm³/mol. The average molecular weight is 247 g/mol. The van der Waals surface area contributed by atoms with E-state index in [1.807, 2.05) is 25.1 Å². The maximum absolute atomic E-state index is 11.6. The summed E-state index contributed by atoms with van der Waals surface area (Å²) in [6.45, 7) is 5.78. The number of hydrogen-bond acceptors (Lipinski definition) is 3. The number of carbonyl (C=O) groups excluding carboxylic acids is 1. The van der Waals surface area contributed by atoms with Gasteiger partial charge in [-0.3, -0.25) is 4.79 Å². The summed E-state index contributed by atoms with van der Waals surface area (Å²) < 4.78 is 10.5. The van der Waals surface area contributed by atoms with Crippen LogP contribution in [0.3, 0.4) is 0 Å². The molecule has 0 spiro atoms. The summed E-state index contributed by atoms with van der Waals surface area (Å²) in [7, 11) is 3.21. The van der Waals surface area contributed by atoms with E-state index in [1.54, 1.807) is 14.2 Å². The largest absolute Gasteiger partial charge is 0.497 e. The molecule has 4 heteroatoms. The molecule has 1 aromatic carbocycles. The molecular formula is C14H17NO3. The molecule has 1 fully saturated rings. The van der Waals surface area contributed by atoms with Gasteiger partial charge in [-0.25, -0.2) is 0 Å². The molecule has 0 radical (unpaired) electrons. The Bertz CT molecular complexity index is 496. The lowest BCUT2D eigenvalue weighted by Crippen LogP contribution is -2.20. The summed E-state index contributed by atoms with van der Waals surface area (Å²) >= 11 is 0. The molecular weight excluding hydrogens is 230 g/mol. The molecule has 18 heavy (non-hydrogen) atoms. The average Bonchev–Trinajstić information content (AvgIpc) is 2.65. The molecule has 1 aliphatic heterocycles. The zero-order chi connectivity index (χ0) is 13.3. The Hall–Kier alpha value is -1.97. The molecule has 0 saturated carbocycles. The summed E-state index contributed by atoms with van der Waals surface area (Å²) in [4.78, 5) is 11.6. The predicted octanol–water partition coefficient (Wildman–Crippen LogP) is 2.07. The SMILES string of the molecule is C=C1C(=O)N[C@@H](c2ccc(OC)cc2OC)[C@@H]1C. The van der Waals surface area contributed by atoms with Gasteiger partial charge in [-0.05, 0) is 12.1 Å². The minimum absolute atomic E-state index is 0.0554. The van der Waals surface area contributed by atoms with Crippen LogP contribution in [0.1, 0.15) is 18.5 Å². The van der Waals surface area contributed by atoms with E-state index in [2.05, 4.69) is 11.9 Å². The second-order valence-corrected chi connectivity index (χ2v) is 4.37. The molecule has 1 amide bonds. The highest BCUT2D eigenvalue weighted by molar-refractivity contribution is 5.96. The van der Waals surface area contributed by atoms with Crippen LogP contribution in [-0.2, 0) is 4.79 Å². The van der Waals surface area contributed by atoms with Gasteiger partial charge in [0, 0.05) is 23.1 Å². The fourth-order valence-electron chi connectivity index (χ4n) is 2.19. The Kier molecular flexibility index (Phi) is 3.28. The lowest BCUT2D eigenvalue weighted by atomic mass is 9.93. The van der Waals surface area contributed by atoms with Crippen molar-refractivity contribution >= 4 is 5.91 Å². The van der Waals surface area contributed by atoms with Crippen LogP contribution in [0.4, 0.5) is 0 Å². The number of rotatable bonds is 3. The van der Waals surface area contributed by atoms with Gasteiger partial charge in [0.15, 0.2) is 0 Å². The lowest BCUT2D eigenvalue weighted by molar-refractivity contribution is -0.116. The number of hydrogen-bond donors (Lipinski definition) is 1. The fourth-order valence-corrected chi connectivity index (χ4v) is 2.19. The Labute approximate surface area is 107 Å². The molecule has 0 aliphatic carbocycles. The molecule has 1 aromatic rings. The Morgan fingerprint density at radius 2 is 2.00 bits per heavy atom. The van der Waals surface area contributed by atoms with Gasteiger partial charge in [0.2, 0.25) is 5.91 Å². The molecule has 2 atom stereocenters. The van der Waals surface area contributed by atoms with Crippen molar-refractivity contribution in [3.05, 3.63) is 35.9 Å². The van der Waals surface area contributed by atoms with E-state index >= 15 is 0 Å². The lowest BCUT2D eigenvalue weighted by Gasteiger charge is -2.19. The third-order valence-corrected chi connectivity index (χ3v) is 3.40. The van der Waals surface area contributed by atoms with Crippen LogP contribution < -0.4 is 14.8 Å². The van der Waals surface area contributed by atoms with Crippen molar-refractivity contribution in [1.29, 1.82) is 0 Å². The molecule has 1 N–H and O–H groups in total. The van der Waals surface area contributed by atoms with E-state index in [0.717, 1.165) is 11.3 Å². The molecule has 0 bridgehead atoms. The number of methoxy groups -OCH3 is 2. The van der Waals surface area contributed by atoms with Crippen LogP contribution in [-0.4, -0.2) is 20.1 Å². The number of nitrogens with one attached hydrogen (secondary N) is 1. The van der Waals surface area contributed by atoms with Crippen molar-refractivity contribution in [2.24, 2.45) is 5.92 Å². The summed E-state index contributed by atoms with van der Waals surface area (Å²) in [5.74, 6) is 1.40. The van der Waals surface area contributed by atoms with Gasteiger partial charge < -0.3 is 14.8 Å². The summed E-state index contributed by atoms with van der Waals surface area (Å²) in [6.07, 6.45) is 0. The molecule has 1 heterocycles. The monoisotopic (exact) mass is 247 g/mol. The zero-order valence-electron chi connectivity index (χ0n) is 10.8. The van der Waals surface area contributed by atoms with E-state index in [-0.39, 0.29) is 17.9 Å². The van der Waals surface area contributed by atoms with Gasteiger partial charge in [0.05, 0.1) is 20.3 Å². The summed E-state index contributed by atoms with van der Waals surface area (Å²) in [6, 6.07) is 5.50. The maximum atomic E-state index is 11.6. The third kappa shape index (κ3) is 1.94. The van der Waals surface area contributed by atoms with Crippen molar-refractivity contribution in [3.63, 3.8) is 0 Å². The highest BCUT2D eigenvalue weighted by Crippen LogP contribution is 2.38. The second-order valence-electron chi connectivity index (χ2n) is 4.37. The quantitative estimate of drug-likeness (QED) is 0.832. The highest BCUT2D eigenvalue weighted by Gasteiger charge is 2.35. The number of carbonyl (C=O) groups is 1. The van der Waals surface area contributed by atoms with Crippen LogP contribution in [0.25, 0.3) is 0 Å². The Morgan fingerprint density at radius 3 is 2.50 bits per heavy atom. The zero-order valence-corrected chi connectivity index (χ0v) is 10.8. The van der Waals surface area contributed by atoms with Crippen molar-refractivity contribution in [1.82, 2.24) is 5.32 Å². The van der Waals surface area contributed by atoms with Gasteiger partial charge in [0.1, 0.15) is 11.5 Å². The first-order valence-corrected chi connectivity index (χ1v) is 5.80. The minimum Gasteiger partial charge on any atom is -0.497 e. The molecule has 0 unspecified atom stereocenters. The normalized spacial score (nSPS) is 22.8. The van der Waals surface area contributed by atoms with E-state index < -0.39 is 0 Å². The van der Waals surface area contributed by atoms with Gasteiger partial charge in [-0.2, -0.15) is 0 Å². The first-order chi connectivity index (χ1) is 8.58. The highest BCUT2D eigenvalue weighted by atomic mass is 16.5. The summed E-state index contributed by atoms with van der Waals surface area (Å²) in [5, 5.41) is 2.92. The van der Waals surface area contributed by atoms with E-state index in [4.69, 9.17) is 9.47 Å². The van der Waals surface area contributed by atoms with Crippen LogP contribution in [0.15, 0.2) is 30.4 Å². The molecule has 2 rings (SSSR count). The molecule has 1 aliphatic rings. The summed E-state index contributed by atoms with van der Waals surface area (Å²) in [5.41, 5.74) is 1.55. The fraction of sp³-hybridized carbons (Fsp3) is 0.357. The first-order valence-electron chi connectivity index (χ1n) is 5.80. The molecule has 96 valence electrons. The van der Waals surface area contributed by atoms with Crippen molar-refractivity contribution in [3.8, 4) is 11.5 Å². The van der Waals surface area contributed by atoms with Crippen LogP contribution in [0.5, 0.6) is 11.5 Å². The number of benzene rings is 1. The van der Waals surface area contributed by atoms with E-state index in [9.17, 15) is 4.79 Å². The number of amides is 1. The van der Waals surface area contributed by atoms with Crippen molar-refractivity contribution in [2.45, 2.75) is 13.0 Å². The van der Waals surface area contributed by atoms with Crippen LogP contribution in [0, 0.1) is 5.92 Å². The first kappa shape index (κ1) is 12.5. The van der Waals surface area contributed by atoms with E-state index in [0.29, 0.717) is 11.3 Å². The smallest absolute Gasteiger partial charge is 0.247 e. The topological polar surface area (TPSA) is 47.6 Å². The Morgan fingerprint density at radius 1 is 1.28 bits per heavy atom. The van der Waals surface area contributed by atoms with Crippen LogP contribution >= 0.6 is 0 Å². The van der Waals surface area contributed by atoms with Gasteiger partial charge in [0.25, 0.3) is 0 Å². The molecule has 4 nitrogen and oxygen atoms in total. The third-order valence-electron chi connectivity index (χ3n) is 3.40. The molecule has 0 aromatic heterocycles. The van der Waals surface area contributed by atoms with Gasteiger partial charge >= 0.3 is 0 Å². The van der Waals surface area contributed by atoms with Gasteiger partial charge in [-0.1, -0.05) is 13.5 Å². The second kappa shape index (κ2) is 4.72. The maximum Gasteiger partial charge on any atom is 0.247 e. The van der Waals surface area contributed by atoms with Gasteiger partial charge in [-0.15, -0.1) is 0 Å². The van der Waals surface area contributed by atoms with Crippen LogP contribution in [0.2, 0.25) is 0 Å². The molecule has 1 saturated heterocycles. The number of ether oxygens (including phenoxy) is 2. The standard InChI is InChI=1S/C14H17NO3/c1-8-9(2)14(16)15-13(8)11-6-5-10(17-3)7-12(11)18-4/h5-8,13H,2H2,1,3-4H3,(H,15,16)/t8-,13-/m1/s1. The van der Waals surface area contributed by atoms with E-state index in [1.165, 1.54) is 0 Å². The Balaban J connectivity index is 2.39.